The summed E-state index contributed by atoms with van der Waals surface area (Å²) in [5, 5.41) is 4.21. The molecular formula is C35H28Cl2FN3O6S2. The molecule has 1 aromatic heterocycles. The second-order valence-corrected chi connectivity index (χ2v) is 15.6. The third-order valence-corrected chi connectivity index (χ3v) is 13.3. The minimum Gasteiger partial charge on any atom is -0.490 e. The van der Waals surface area contributed by atoms with Crippen molar-refractivity contribution in [2.45, 2.75) is 29.5 Å². The van der Waals surface area contributed by atoms with Crippen molar-refractivity contribution in [1.29, 1.82) is 0 Å². The zero-order valence-corrected chi connectivity index (χ0v) is 28.9. The van der Waals surface area contributed by atoms with Crippen LogP contribution in [0, 0.1) is 35.4 Å². The van der Waals surface area contributed by atoms with Crippen LogP contribution in [0.15, 0.2) is 70.5 Å². The molecule has 8 rings (SSSR count). The van der Waals surface area contributed by atoms with Gasteiger partial charge in [-0.25, -0.2) is 4.39 Å². The number of imide groups is 1. The van der Waals surface area contributed by atoms with Gasteiger partial charge in [0.1, 0.15) is 5.82 Å². The Hall–Kier alpha value is -3.84. The Balaban J connectivity index is 1.09. The summed E-state index contributed by atoms with van der Waals surface area (Å²) in [7, 11) is 0. The lowest BCUT2D eigenvalue weighted by Crippen LogP contribution is -2.42. The maximum Gasteiger partial charge on any atom is 0.305 e. The van der Waals surface area contributed by atoms with Gasteiger partial charge in [0.25, 0.3) is 5.91 Å². The maximum atomic E-state index is 14.0. The number of amides is 3. The van der Waals surface area contributed by atoms with Crippen molar-refractivity contribution in [1.82, 2.24) is 4.98 Å². The SMILES string of the molecule is CCOc1cc([C@H]2c3sc(=O)[nH]c3SC3C2[C@H]2C[C@@H]3C3C(=O)N(c4ccc(F)cc4)C(=O)C32)ccc1OCC(=O)Nc1ccc(Cl)c(Cl)c1. The summed E-state index contributed by atoms with van der Waals surface area (Å²) in [6.07, 6.45) is 0.732. The number of H-pyrrole nitrogens is 1. The van der Waals surface area contributed by atoms with E-state index in [2.05, 4.69) is 10.3 Å². The molecule has 49 heavy (non-hydrogen) atoms. The number of thiazole rings is 1. The zero-order valence-electron chi connectivity index (χ0n) is 25.8. The Morgan fingerprint density at radius 1 is 0.959 bits per heavy atom. The number of aromatic amines is 1. The van der Waals surface area contributed by atoms with Gasteiger partial charge in [0.15, 0.2) is 18.1 Å². The molecule has 4 unspecified atom stereocenters. The van der Waals surface area contributed by atoms with Crippen molar-refractivity contribution in [3.05, 3.63) is 96.6 Å². The average Bonchev–Trinajstić information content (AvgIpc) is 3.81. The van der Waals surface area contributed by atoms with Gasteiger partial charge in [0.2, 0.25) is 11.8 Å². The van der Waals surface area contributed by atoms with Crippen LogP contribution in [0.1, 0.15) is 29.7 Å². The highest BCUT2D eigenvalue weighted by Gasteiger charge is 2.69. The summed E-state index contributed by atoms with van der Waals surface area (Å²) in [5.41, 5.74) is 1.74. The number of halogens is 3. The maximum absolute atomic E-state index is 14.0. The molecule has 2 N–H and O–H groups in total. The number of benzene rings is 3. The highest BCUT2D eigenvalue weighted by Crippen LogP contribution is 2.68. The van der Waals surface area contributed by atoms with Crippen molar-refractivity contribution >= 4 is 75.4 Å². The van der Waals surface area contributed by atoms with Crippen LogP contribution in [-0.2, 0) is 14.4 Å². The predicted molar refractivity (Wildman–Crippen MR) is 186 cm³/mol. The van der Waals surface area contributed by atoms with E-state index in [0.29, 0.717) is 39.5 Å². The third kappa shape index (κ3) is 5.44. The molecule has 7 atom stereocenters. The first-order chi connectivity index (χ1) is 23.6. The fourth-order valence-electron chi connectivity index (χ4n) is 8.25. The molecule has 2 aliphatic carbocycles. The van der Waals surface area contributed by atoms with Crippen molar-refractivity contribution in [3.63, 3.8) is 0 Å². The molecule has 4 aliphatic rings. The number of nitrogens with one attached hydrogen (secondary N) is 2. The number of aromatic nitrogens is 1. The standard InChI is InChI=1S/C35H28Cl2FN3O6S2/c1-2-46-24-11-15(3-10-23(24)47-14-25(42)39-17-6-9-21(36)22(37)12-17)26-27-19-13-20(30(27)48-32-31(26)49-35(45)40-32)29-28(19)33(43)41(34(29)44)18-7-4-16(38)5-8-18/h3-12,19-20,26-30H,2,13-14H2,1H3,(H,39,42)(H,40,45)/t19-,20-,26-,27?,28?,29?,30?/m1/s1. The molecule has 3 fully saturated rings. The van der Waals surface area contributed by atoms with Gasteiger partial charge in [0, 0.05) is 21.7 Å². The molecule has 4 aromatic rings. The molecule has 2 saturated carbocycles. The minimum absolute atomic E-state index is 0.00421. The van der Waals surface area contributed by atoms with Gasteiger partial charge in [-0.1, -0.05) is 40.6 Å². The fraction of sp³-hybridized carbons (Fsp3) is 0.314. The number of hydrogen-bond acceptors (Lipinski definition) is 8. The first-order valence-electron chi connectivity index (χ1n) is 15.8. The second kappa shape index (κ2) is 12.5. The van der Waals surface area contributed by atoms with Gasteiger partial charge in [-0.2, -0.15) is 0 Å². The molecule has 3 amide bonds. The lowest BCUT2D eigenvalue weighted by Gasteiger charge is -2.43. The molecule has 1 saturated heterocycles. The number of hydrogen-bond donors (Lipinski definition) is 2. The van der Waals surface area contributed by atoms with Crippen molar-refractivity contribution < 1.29 is 28.2 Å². The molecule has 0 radical (unpaired) electrons. The molecule has 0 spiro atoms. The molecule has 9 nitrogen and oxygen atoms in total. The summed E-state index contributed by atoms with van der Waals surface area (Å²) < 4.78 is 25.6. The van der Waals surface area contributed by atoms with E-state index in [4.69, 9.17) is 32.7 Å². The highest BCUT2D eigenvalue weighted by atomic mass is 35.5. The van der Waals surface area contributed by atoms with E-state index in [1.54, 1.807) is 36.0 Å². The van der Waals surface area contributed by atoms with E-state index in [1.807, 2.05) is 19.1 Å². The largest absolute Gasteiger partial charge is 0.490 e. The number of rotatable bonds is 8. The second-order valence-electron chi connectivity index (χ2n) is 12.6. The van der Waals surface area contributed by atoms with E-state index in [9.17, 15) is 23.6 Å². The van der Waals surface area contributed by atoms with Gasteiger partial charge in [-0.05, 0) is 91.3 Å². The predicted octanol–water partition coefficient (Wildman–Crippen LogP) is 6.98. The van der Waals surface area contributed by atoms with Crippen LogP contribution < -0.4 is 24.6 Å². The van der Waals surface area contributed by atoms with E-state index < -0.39 is 23.6 Å². The van der Waals surface area contributed by atoms with Gasteiger partial charge >= 0.3 is 4.87 Å². The van der Waals surface area contributed by atoms with Gasteiger partial charge in [-0.15, -0.1) is 11.8 Å². The third-order valence-electron chi connectivity index (χ3n) is 10.00. The number of fused-ring (bicyclic) bond motifs is 9. The summed E-state index contributed by atoms with van der Waals surface area (Å²) in [5.74, 6) is -1.90. The molecule has 3 heterocycles. The Labute approximate surface area is 298 Å². The molecule has 252 valence electrons. The van der Waals surface area contributed by atoms with Crippen LogP contribution in [0.25, 0.3) is 0 Å². The topological polar surface area (TPSA) is 118 Å². The number of carbonyl (C=O) groups excluding carboxylic acids is 3. The van der Waals surface area contributed by atoms with E-state index >= 15 is 0 Å². The monoisotopic (exact) mass is 739 g/mol. The Morgan fingerprint density at radius 2 is 1.71 bits per heavy atom. The molecule has 2 aliphatic heterocycles. The van der Waals surface area contributed by atoms with Gasteiger partial charge in [0.05, 0.1) is 39.2 Å². The van der Waals surface area contributed by atoms with Crippen molar-refractivity contribution in [2.24, 2.45) is 29.6 Å². The van der Waals surface area contributed by atoms with Crippen LogP contribution >= 0.6 is 46.3 Å². The lowest BCUT2D eigenvalue weighted by molar-refractivity contribution is -0.123. The van der Waals surface area contributed by atoms with E-state index in [0.717, 1.165) is 33.2 Å². The minimum atomic E-state index is -0.493. The highest BCUT2D eigenvalue weighted by molar-refractivity contribution is 8.00. The first-order valence-corrected chi connectivity index (χ1v) is 18.3. The molecule has 2 bridgehead atoms. The van der Waals surface area contributed by atoms with Gasteiger partial charge in [-0.3, -0.25) is 24.1 Å². The van der Waals surface area contributed by atoms with E-state index in [1.165, 1.54) is 29.2 Å². The van der Waals surface area contributed by atoms with Gasteiger partial charge < -0.3 is 19.8 Å². The van der Waals surface area contributed by atoms with Crippen LogP contribution in [0.4, 0.5) is 15.8 Å². The number of carbonyl (C=O) groups is 3. The molecular weight excluding hydrogens is 712 g/mol. The van der Waals surface area contributed by atoms with Crippen LogP contribution in [0.2, 0.25) is 10.0 Å². The lowest BCUT2D eigenvalue weighted by atomic mass is 9.68. The quantitative estimate of drug-likeness (QED) is 0.187. The summed E-state index contributed by atoms with van der Waals surface area (Å²) in [6, 6.07) is 15.8. The average molecular weight is 741 g/mol. The van der Waals surface area contributed by atoms with Crippen molar-refractivity contribution in [3.8, 4) is 11.5 Å². The number of nitrogens with zero attached hydrogens (tertiary/aromatic N) is 1. The Kier molecular flexibility index (Phi) is 8.25. The Morgan fingerprint density at radius 3 is 2.45 bits per heavy atom. The van der Waals surface area contributed by atoms with Crippen LogP contribution in [-0.4, -0.2) is 41.2 Å². The Bertz CT molecular complexity index is 2070. The zero-order chi connectivity index (χ0) is 34.1. The summed E-state index contributed by atoms with van der Waals surface area (Å²) in [6.45, 7) is 1.90. The van der Waals surface area contributed by atoms with Crippen LogP contribution in [0.5, 0.6) is 11.5 Å². The van der Waals surface area contributed by atoms with Crippen LogP contribution in [0.3, 0.4) is 0 Å². The summed E-state index contributed by atoms with van der Waals surface area (Å²) >= 11 is 14.8. The number of thioether (sulfide) groups is 1. The smallest absolute Gasteiger partial charge is 0.305 e. The summed E-state index contributed by atoms with van der Waals surface area (Å²) in [4.78, 5) is 58.2. The fourth-order valence-corrected chi connectivity index (χ4v) is 11.4. The van der Waals surface area contributed by atoms with Crippen molar-refractivity contribution in [2.75, 3.05) is 23.4 Å². The molecule has 14 heteroatoms. The number of ether oxygens (including phenoxy) is 2. The molecule has 3 aromatic carbocycles. The van der Waals surface area contributed by atoms with E-state index in [-0.39, 0.29) is 52.2 Å². The normalized spacial score (nSPS) is 26.4. The number of anilines is 2. The first kappa shape index (κ1) is 32.4.